The predicted octanol–water partition coefficient (Wildman–Crippen LogP) is 1.98. The van der Waals surface area contributed by atoms with Gasteiger partial charge in [0.05, 0.1) is 5.71 Å². The first-order chi connectivity index (χ1) is 7.04. The summed E-state index contributed by atoms with van der Waals surface area (Å²) < 4.78 is 13.2. The van der Waals surface area contributed by atoms with E-state index in [1.807, 2.05) is 0 Å². The lowest BCUT2D eigenvalue weighted by molar-refractivity contribution is -0.114. The van der Waals surface area contributed by atoms with Gasteiger partial charge in [0.1, 0.15) is 5.82 Å². The maximum absolute atomic E-state index is 13.2. The smallest absolute Gasteiger partial charge is 0.221 e. The minimum Gasteiger partial charge on any atom is -0.411 e. The first-order valence-corrected chi connectivity index (χ1v) is 4.30. The Morgan fingerprint density at radius 2 is 2.13 bits per heavy atom. The fourth-order valence-corrected chi connectivity index (χ4v) is 1.14. The molecule has 0 aliphatic carbocycles. The van der Waals surface area contributed by atoms with Gasteiger partial charge in [0.2, 0.25) is 5.91 Å². The Morgan fingerprint density at radius 3 is 2.67 bits per heavy atom. The topological polar surface area (TPSA) is 61.7 Å². The molecule has 0 aliphatic heterocycles. The van der Waals surface area contributed by atoms with Gasteiger partial charge in [-0.05, 0) is 25.1 Å². The second kappa shape index (κ2) is 4.54. The molecule has 0 heterocycles. The molecule has 4 nitrogen and oxygen atoms in total. The second-order valence-corrected chi connectivity index (χ2v) is 3.06. The van der Waals surface area contributed by atoms with Gasteiger partial charge in [-0.3, -0.25) is 4.79 Å². The van der Waals surface area contributed by atoms with Crippen molar-refractivity contribution in [1.82, 2.24) is 0 Å². The van der Waals surface area contributed by atoms with Gasteiger partial charge in [0, 0.05) is 18.2 Å². The molecular weight excluding hydrogens is 199 g/mol. The number of anilines is 1. The van der Waals surface area contributed by atoms with Crippen LogP contribution in [0.5, 0.6) is 0 Å². The fraction of sp³-hybridized carbons (Fsp3) is 0.200. The normalized spacial score (nSPS) is 11.3. The molecule has 0 bridgehead atoms. The van der Waals surface area contributed by atoms with Crippen molar-refractivity contribution in [3.05, 3.63) is 29.6 Å². The van der Waals surface area contributed by atoms with Gasteiger partial charge in [-0.1, -0.05) is 5.16 Å². The summed E-state index contributed by atoms with van der Waals surface area (Å²) in [7, 11) is 0. The summed E-state index contributed by atoms with van der Waals surface area (Å²) in [6, 6.07) is 4.05. The molecule has 15 heavy (non-hydrogen) atoms. The molecule has 0 saturated carbocycles. The number of hydrogen-bond acceptors (Lipinski definition) is 3. The molecule has 0 unspecified atom stereocenters. The van der Waals surface area contributed by atoms with Crippen molar-refractivity contribution in [2.45, 2.75) is 13.8 Å². The summed E-state index contributed by atoms with van der Waals surface area (Å²) in [5, 5.41) is 13.9. The first kappa shape index (κ1) is 11.2. The number of nitrogens with one attached hydrogen (secondary N) is 1. The summed E-state index contributed by atoms with van der Waals surface area (Å²) in [4.78, 5) is 10.8. The number of carbonyl (C=O) groups excluding carboxylic acids is 1. The van der Waals surface area contributed by atoms with E-state index in [9.17, 15) is 9.18 Å². The molecule has 0 spiro atoms. The van der Waals surface area contributed by atoms with Crippen molar-refractivity contribution in [3.63, 3.8) is 0 Å². The van der Waals surface area contributed by atoms with Gasteiger partial charge in [-0.15, -0.1) is 0 Å². The number of benzene rings is 1. The summed E-state index contributed by atoms with van der Waals surface area (Å²) in [6.45, 7) is 2.83. The molecule has 1 amide bonds. The summed E-state index contributed by atoms with van der Waals surface area (Å²) >= 11 is 0. The Balaban J connectivity index is 3.11. The van der Waals surface area contributed by atoms with E-state index >= 15 is 0 Å². The molecule has 1 aromatic rings. The molecule has 1 rings (SSSR count). The minimum absolute atomic E-state index is 0.153. The van der Waals surface area contributed by atoms with Crippen LogP contribution in [0.2, 0.25) is 0 Å². The van der Waals surface area contributed by atoms with Gasteiger partial charge in [-0.2, -0.15) is 0 Å². The van der Waals surface area contributed by atoms with Crippen molar-refractivity contribution < 1.29 is 14.4 Å². The van der Waals surface area contributed by atoms with Crippen molar-refractivity contribution in [2.24, 2.45) is 5.16 Å². The molecule has 1 aromatic carbocycles. The number of carbonyl (C=O) groups is 1. The number of oxime groups is 1. The van der Waals surface area contributed by atoms with E-state index in [0.29, 0.717) is 5.69 Å². The number of hydrogen-bond donors (Lipinski definition) is 2. The van der Waals surface area contributed by atoms with Crippen molar-refractivity contribution in [2.75, 3.05) is 5.32 Å². The van der Waals surface area contributed by atoms with E-state index in [1.165, 1.54) is 32.0 Å². The lowest BCUT2D eigenvalue weighted by atomic mass is 10.1. The molecule has 80 valence electrons. The highest BCUT2D eigenvalue weighted by molar-refractivity contribution is 6.00. The molecule has 0 fully saturated rings. The standard InChI is InChI=1S/C10H11FN2O2/c1-6(13-15)9-5-8(12-7(2)14)3-4-10(9)11/h3-5,15H,1-2H3,(H,12,14). The Morgan fingerprint density at radius 1 is 1.47 bits per heavy atom. The van der Waals surface area contributed by atoms with E-state index in [0.717, 1.165) is 0 Å². The number of rotatable bonds is 2. The van der Waals surface area contributed by atoms with Gasteiger partial charge in [-0.25, -0.2) is 4.39 Å². The zero-order valence-electron chi connectivity index (χ0n) is 8.41. The summed E-state index contributed by atoms with van der Waals surface area (Å²) in [6.07, 6.45) is 0. The Kier molecular flexibility index (Phi) is 3.38. The molecule has 0 radical (unpaired) electrons. The molecule has 2 N–H and O–H groups in total. The van der Waals surface area contributed by atoms with Crippen LogP contribution < -0.4 is 5.32 Å². The van der Waals surface area contributed by atoms with Crippen LogP contribution in [0.15, 0.2) is 23.4 Å². The highest BCUT2D eigenvalue weighted by Crippen LogP contribution is 2.15. The fourth-order valence-electron chi connectivity index (χ4n) is 1.14. The zero-order valence-corrected chi connectivity index (χ0v) is 8.41. The second-order valence-electron chi connectivity index (χ2n) is 3.06. The molecule has 0 aromatic heterocycles. The predicted molar refractivity (Wildman–Crippen MR) is 54.7 cm³/mol. The third kappa shape index (κ3) is 2.77. The summed E-state index contributed by atoms with van der Waals surface area (Å²) in [5.74, 6) is -0.745. The van der Waals surface area contributed by atoms with Crippen LogP contribution in [-0.4, -0.2) is 16.8 Å². The van der Waals surface area contributed by atoms with Gasteiger partial charge in [0.25, 0.3) is 0 Å². The average molecular weight is 210 g/mol. The number of halogens is 1. The zero-order chi connectivity index (χ0) is 11.4. The van der Waals surface area contributed by atoms with Crippen LogP contribution >= 0.6 is 0 Å². The van der Waals surface area contributed by atoms with E-state index in [1.54, 1.807) is 0 Å². The van der Waals surface area contributed by atoms with Gasteiger partial charge in [0.15, 0.2) is 0 Å². The van der Waals surface area contributed by atoms with Gasteiger partial charge >= 0.3 is 0 Å². The quantitative estimate of drug-likeness (QED) is 0.445. The SMILES string of the molecule is CC(=O)Nc1ccc(F)c(C(C)=NO)c1. The first-order valence-electron chi connectivity index (χ1n) is 4.30. The highest BCUT2D eigenvalue weighted by Gasteiger charge is 2.07. The maximum Gasteiger partial charge on any atom is 0.221 e. The lowest BCUT2D eigenvalue weighted by Gasteiger charge is -2.05. The summed E-state index contributed by atoms with van der Waals surface area (Å²) in [5.41, 5.74) is 0.769. The largest absolute Gasteiger partial charge is 0.411 e. The van der Waals surface area contributed by atoms with Crippen LogP contribution in [0, 0.1) is 5.82 Å². The third-order valence-electron chi connectivity index (χ3n) is 1.83. The third-order valence-corrected chi connectivity index (χ3v) is 1.83. The van der Waals surface area contributed by atoms with E-state index in [2.05, 4.69) is 10.5 Å². The number of nitrogens with zero attached hydrogens (tertiary/aromatic N) is 1. The average Bonchev–Trinajstić information content (AvgIpc) is 2.19. The minimum atomic E-state index is -0.501. The monoisotopic (exact) mass is 210 g/mol. The van der Waals surface area contributed by atoms with Crippen LogP contribution in [0.3, 0.4) is 0 Å². The molecule has 0 saturated heterocycles. The van der Waals surface area contributed by atoms with Gasteiger partial charge < -0.3 is 10.5 Å². The Hall–Kier alpha value is -1.91. The molecule has 0 atom stereocenters. The van der Waals surface area contributed by atoms with E-state index < -0.39 is 5.82 Å². The van der Waals surface area contributed by atoms with E-state index in [4.69, 9.17) is 5.21 Å². The van der Waals surface area contributed by atoms with Crippen LogP contribution in [0.1, 0.15) is 19.4 Å². The van der Waals surface area contributed by atoms with E-state index in [-0.39, 0.29) is 17.2 Å². The maximum atomic E-state index is 13.2. The molecule has 0 aliphatic rings. The lowest BCUT2D eigenvalue weighted by Crippen LogP contribution is -2.07. The highest BCUT2D eigenvalue weighted by atomic mass is 19.1. The van der Waals surface area contributed by atoms with Crippen LogP contribution in [-0.2, 0) is 4.79 Å². The Labute approximate surface area is 86.4 Å². The molecular formula is C10H11FN2O2. The number of amides is 1. The van der Waals surface area contributed by atoms with Crippen LogP contribution in [0.25, 0.3) is 0 Å². The van der Waals surface area contributed by atoms with Crippen molar-refractivity contribution in [3.8, 4) is 0 Å². The Bertz CT molecular complexity index is 416. The molecule has 5 heteroatoms. The van der Waals surface area contributed by atoms with Crippen molar-refractivity contribution >= 4 is 17.3 Å². The van der Waals surface area contributed by atoms with Crippen LogP contribution in [0.4, 0.5) is 10.1 Å². The van der Waals surface area contributed by atoms with Crippen molar-refractivity contribution in [1.29, 1.82) is 0 Å².